The molecular weight excluding hydrogens is 366 g/mol. The topological polar surface area (TPSA) is 61.8 Å². The first-order valence-electron chi connectivity index (χ1n) is 9.08. The number of carbonyl (C=O) groups is 1. The summed E-state index contributed by atoms with van der Waals surface area (Å²) in [5.74, 6) is 1.38. The fraction of sp³-hybridized carbons (Fsp3) is 0.421. The minimum absolute atomic E-state index is 0.000756. The van der Waals surface area contributed by atoms with Crippen molar-refractivity contribution in [2.75, 3.05) is 42.6 Å². The van der Waals surface area contributed by atoms with E-state index in [-0.39, 0.29) is 12.1 Å². The van der Waals surface area contributed by atoms with E-state index in [0.29, 0.717) is 43.6 Å². The Bertz CT molecular complexity index is 854. The number of ether oxygens (including phenoxy) is 1. The number of hydrogen-bond acceptors (Lipinski definition) is 5. The summed E-state index contributed by atoms with van der Waals surface area (Å²) < 4.78 is 5.75. The van der Waals surface area contributed by atoms with E-state index >= 15 is 0 Å². The third kappa shape index (κ3) is 3.51. The second-order valence-electron chi connectivity index (χ2n) is 6.90. The zero-order valence-electron chi connectivity index (χ0n) is 15.4. The van der Waals surface area contributed by atoms with Crippen LogP contribution < -0.4 is 14.5 Å². The van der Waals surface area contributed by atoms with Crippen LogP contribution in [0.2, 0.25) is 5.02 Å². The maximum atomic E-state index is 13.2. The van der Waals surface area contributed by atoms with Gasteiger partial charge >= 0.3 is 6.03 Å². The largest absolute Gasteiger partial charge is 0.489 e. The Labute approximate surface area is 163 Å². The number of carbonyl (C=O) groups excluding carboxylic acids is 1. The summed E-state index contributed by atoms with van der Waals surface area (Å²) in [6.07, 6.45) is 1.77. The summed E-state index contributed by atoms with van der Waals surface area (Å²) in [7, 11) is 0. The lowest BCUT2D eigenvalue weighted by Crippen LogP contribution is -2.56. The van der Waals surface area contributed by atoms with Crippen LogP contribution >= 0.6 is 11.6 Å². The molecule has 3 heterocycles. The van der Waals surface area contributed by atoms with Gasteiger partial charge in [-0.1, -0.05) is 11.6 Å². The molecule has 0 aliphatic carbocycles. The van der Waals surface area contributed by atoms with Gasteiger partial charge in [-0.3, -0.25) is 4.90 Å². The van der Waals surface area contributed by atoms with Crippen molar-refractivity contribution in [2.24, 2.45) is 0 Å². The van der Waals surface area contributed by atoms with Crippen LogP contribution in [0.3, 0.4) is 0 Å². The second kappa shape index (κ2) is 7.23. The molecule has 7 nitrogen and oxygen atoms in total. The molecule has 1 saturated heterocycles. The highest BCUT2D eigenvalue weighted by atomic mass is 35.5. The number of hydrogen-bond donors (Lipinski definition) is 0. The molecular formula is C19H22ClN5O2. The first-order chi connectivity index (χ1) is 13.0. The molecule has 0 saturated carbocycles. The van der Waals surface area contributed by atoms with Gasteiger partial charge < -0.3 is 14.5 Å². The summed E-state index contributed by atoms with van der Waals surface area (Å²) in [6, 6.07) is 7.24. The molecule has 1 unspecified atom stereocenters. The molecule has 2 aromatic rings. The average molecular weight is 388 g/mol. The monoisotopic (exact) mass is 387 g/mol. The number of amides is 2. The SMILES string of the molecule is Cc1ccnc(N2CCN(C(=O)N3c4ccc(Cl)cc4OCC3C)CC2)n1. The minimum Gasteiger partial charge on any atom is -0.489 e. The molecule has 4 rings (SSSR count). The number of aromatic nitrogens is 2. The Balaban J connectivity index is 1.48. The van der Waals surface area contributed by atoms with Crippen LogP contribution in [-0.4, -0.2) is 59.7 Å². The van der Waals surface area contributed by atoms with Crippen LogP contribution in [-0.2, 0) is 0 Å². The van der Waals surface area contributed by atoms with Gasteiger partial charge in [-0.05, 0) is 32.0 Å². The van der Waals surface area contributed by atoms with Gasteiger partial charge in [-0.2, -0.15) is 0 Å². The van der Waals surface area contributed by atoms with E-state index in [2.05, 4.69) is 14.9 Å². The van der Waals surface area contributed by atoms with Crippen molar-refractivity contribution in [3.05, 3.63) is 41.2 Å². The molecule has 1 aromatic heterocycles. The van der Waals surface area contributed by atoms with Gasteiger partial charge in [0.25, 0.3) is 0 Å². The molecule has 8 heteroatoms. The van der Waals surface area contributed by atoms with Crippen LogP contribution in [0.1, 0.15) is 12.6 Å². The summed E-state index contributed by atoms with van der Waals surface area (Å²) in [4.78, 5) is 27.9. The van der Waals surface area contributed by atoms with Crippen LogP contribution in [0.4, 0.5) is 16.4 Å². The maximum absolute atomic E-state index is 13.2. The number of aryl methyl sites for hydroxylation is 1. The van der Waals surface area contributed by atoms with Crippen LogP contribution in [0, 0.1) is 6.92 Å². The number of urea groups is 1. The van der Waals surface area contributed by atoms with E-state index in [9.17, 15) is 4.79 Å². The third-order valence-electron chi connectivity index (χ3n) is 4.92. The molecule has 1 fully saturated rings. The summed E-state index contributed by atoms with van der Waals surface area (Å²) in [5.41, 5.74) is 1.71. The zero-order chi connectivity index (χ0) is 19.0. The van der Waals surface area contributed by atoms with E-state index in [4.69, 9.17) is 16.3 Å². The number of anilines is 2. The quantitative estimate of drug-likeness (QED) is 0.752. The third-order valence-corrected chi connectivity index (χ3v) is 5.16. The van der Waals surface area contributed by atoms with E-state index < -0.39 is 0 Å². The van der Waals surface area contributed by atoms with Crippen LogP contribution in [0.15, 0.2) is 30.5 Å². The van der Waals surface area contributed by atoms with Gasteiger partial charge in [0.05, 0.1) is 11.7 Å². The van der Waals surface area contributed by atoms with Crippen molar-refractivity contribution in [2.45, 2.75) is 19.9 Å². The molecule has 142 valence electrons. The van der Waals surface area contributed by atoms with Gasteiger partial charge in [0.1, 0.15) is 12.4 Å². The molecule has 0 N–H and O–H groups in total. The van der Waals surface area contributed by atoms with Gasteiger partial charge in [0, 0.05) is 49.2 Å². The molecule has 0 bridgehead atoms. The highest BCUT2D eigenvalue weighted by molar-refractivity contribution is 6.30. The standard InChI is InChI=1S/C19H22ClN5O2/c1-13-5-6-21-18(22-13)23-7-9-24(10-8-23)19(26)25-14(2)12-27-17-11-15(20)3-4-16(17)25/h3-6,11,14H,7-10,12H2,1-2H3. The predicted molar refractivity (Wildman–Crippen MR) is 105 cm³/mol. The predicted octanol–water partition coefficient (Wildman–Crippen LogP) is 2.97. The van der Waals surface area contributed by atoms with Crippen LogP contribution in [0.5, 0.6) is 5.75 Å². The van der Waals surface area contributed by atoms with E-state index in [0.717, 1.165) is 17.3 Å². The van der Waals surface area contributed by atoms with Crippen LogP contribution in [0.25, 0.3) is 0 Å². The van der Waals surface area contributed by atoms with Gasteiger partial charge in [-0.25, -0.2) is 14.8 Å². The molecule has 1 aromatic carbocycles. The van der Waals surface area contributed by atoms with E-state index in [1.807, 2.05) is 35.8 Å². The molecule has 2 aliphatic rings. The second-order valence-corrected chi connectivity index (χ2v) is 7.33. The molecule has 0 spiro atoms. The first kappa shape index (κ1) is 17.9. The summed E-state index contributed by atoms with van der Waals surface area (Å²) >= 11 is 6.06. The van der Waals surface area contributed by atoms with Crippen molar-refractivity contribution >= 4 is 29.3 Å². The van der Waals surface area contributed by atoms with Crippen molar-refractivity contribution in [3.63, 3.8) is 0 Å². The van der Waals surface area contributed by atoms with E-state index in [1.165, 1.54) is 0 Å². The fourth-order valence-corrected chi connectivity index (χ4v) is 3.62. The molecule has 1 atom stereocenters. The normalized spacial score (nSPS) is 19.5. The fourth-order valence-electron chi connectivity index (χ4n) is 3.45. The number of piperazine rings is 1. The van der Waals surface area contributed by atoms with Crippen molar-refractivity contribution in [3.8, 4) is 5.75 Å². The Kier molecular flexibility index (Phi) is 4.78. The highest BCUT2D eigenvalue weighted by Gasteiger charge is 2.34. The molecule has 27 heavy (non-hydrogen) atoms. The number of halogens is 1. The van der Waals surface area contributed by atoms with E-state index in [1.54, 1.807) is 18.3 Å². The van der Waals surface area contributed by atoms with Gasteiger partial charge in [0.2, 0.25) is 5.95 Å². The molecule has 2 aliphatic heterocycles. The Morgan fingerprint density at radius 3 is 2.74 bits per heavy atom. The minimum atomic E-state index is -0.0377. The number of nitrogens with zero attached hydrogens (tertiary/aromatic N) is 5. The first-order valence-corrected chi connectivity index (χ1v) is 9.46. The van der Waals surface area contributed by atoms with Gasteiger partial charge in [-0.15, -0.1) is 0 Å². The zero-order valence-corrected chi connectivity index (χ0v) is 16.2. The average Bonchev–Trinajstić information content (AvgIpc) is 2.68. The van der Waals surface area contributed by atoms with Gasteiger partial charge in [0.15, 0.2) is 0 Å². The lowest BCUT2D eigenvalue weighted by molar-refractivity contribution is 0.190. The van der Waals surface area contributed by atoms with Crippen molar-refractivity contribution in [1.82, 2.24) is 14.9 Å². The maximum Gasteiger partial charge on any atom is 0.325 e. The van der Waals surface area contributed by atoms with Crippen molar-refractivity contribution in [1.29, 1.82) is 0 Å². The Morgan fingerprint density at radius 1 is 1.22 bits per heavy atom. The Hall–Kier alpha value is -2.54. The Morgan fingerprint density at radius 2 is 2.00 bits per heavy atom. The number of rotatable bonds is 1. The number of fused-ring (bicyclic) bond motifs is 1. The smallest absolute Gasteiger partial charge is 0.325 e. The lowest BCUT2D eigenvalue weighted by Gasteiger charge is -2.41. The number of benzene rings is 1. The molecule has 2 amide bonds. The summed E-state index contributed by atoms with van der Waals surface area (Å²) in [5, 5.41) is 0.600. The van der Waals surface area contributed by atoms with Crippen molar-refractivity contribution < 1.29 is 9.53 Å². The lowest BCUT2D eigenvalue weighted by atomic mass is 10.1. The highest BCUT2D eigenvalue weighted by Crippen LogP contribution is 2.36. The molecule has 0 radical (unpaired) electrons. The summed E-state index contributed by atoms with van der Waals surface area (Å²) in [6.45, 7) is 7.08.